The third kappa shape index (κ3) is 6.69. The summed E-state index contributed by atoms with van der Waals surface area (Å²) >= 11 is 0. The van der Waals surface area contributed by atoms with Gasteiger partial charge in [0.1, 0.15) is 0 Å². The summed E-state index contributed by atoms with van der Waals surface area (Å²) in [5, 5.41) is 3.41. The molecule has 19 heavy (non-hydrogen) atoms. The van der Waals surface area contributed by atoms with E-state index >= 15 is 0 Å². The van der Waals surface area contributed by atoms with Crippen molar-refractivity contribution in [2.45, 2.75) is 53.8 Å². The molecule has 1 N–H and O–H groups in total. The summed E-state index contributed by atoms with van der Waals surface area (Å²) in [5.74, 6) is 0.700. The Morgan fingerprint density at radius 3 is 2.42 bits per heavy atom. The third-order valence-electron chi connectivity index (χ3n) is 3.01. The fourth-order valence-electron chi connectivity index (χ4n) is 2.08. The van der Waals surface area contributed by atoms with E-state index in [-0.39, 0.29) is 0 Å². The molecule has 0 aliphatic carbocycles. The number of rotatable bonds is 8. The monoisotopic (exact) mass is 263 g/mol. The summed E-state index contributed by atoms with van der Waals surface area (Å²) in [6.45, 7) is 15.1. The maximum Gasteiger partial charge on any atom is 0.0547 e. The Labute approximate surface area is 118 Å². The lowest BCUT2D eigenvalue weighted by molar-refractivity contribution is 0.245. The molecule has 0 radical (unpaired) electrons. The fraction of sp³-hybridized carbons (Fsp3) is 0.688. The van der Waals surface area contributed by atoms with Gasteiger partial charge in [-0.15, -0.1) is 0 Å². The van der Waals surface area contributed by atoms with Gasteiger partial charge in [-0.1, -0.05) is 40.7 Å². The van der Waals surface area contributed by atoms with Crippen molar-refractivity contribution in [1.82, 2.24) is 15.2 Å². The van der Waals surface area contributed by atoms with Crippen LogP contribution in [0.3, 0.4) is 0 Å². The van der Waals surface area contributed by atoms with Crippen LogP contribution in [0.5, 0.6) is 0 Å². The maximum absolute atomic E-state index is 4.74. The first-order chi connectivity index (χ1) is 9.01. The van der Waals surface area contributed by atoms with Crippen LogP contribution in [-0.2, 0) is 13.1 Å². The van der Waals surface area contributed by atoms with Crippen molar-refractivity contribution < 1.29 is 0 Å². The van der Waals surface area contributed by atoms with Crippen molar-refractivity contribution in [3.8, 4) is 0 Å². The van der Waals surface area contributed by atoms with Gasteiger partial charge >= 0.3 is 0 Å². The van der Waals surface area contributed by atoms with Crippen LogP contribution in [0, 0.1) is 5.92 Å². The molecule has 0 unspecified atom stereocenters. The Balaban J connectivity index is 2.59. The van der Waals surface area contributed by atoms with Crippen LogP contribution < -0.4 is 5.32 Å². The van der Waals surface area contributed by atoms with E-state index in [1.807, 2.05) is 0 Å². The molecule has 1 aromatic rings. The van der Waals surface area contributed by atoms with E-state index in [4.69, 9.17) is 4.98 Å². The van der Waals surface area contributed by atoms with Crippen molar-refractivity contribution in [3.63, 3.8) is 0 Å². The number of pyridine rings is 1. The second-order valence-corrected chi connectivity index (χ2v) is 5.88. The Morgan fingerprint density at radius 2 is 1.84 bits per heavy atom. The van der Waals surface area contributed by atoms with Gasteiger partial charge in [-0.2, -0.15) is 0 Å². The van der Waals surface area contributed by atoms with E-state index < -0.39 is 0 Å². The van der Waals surface area contributed by atoms with Gasteiger partial charge in [-0.3, -0.25) is 9.88 Å². The van der Waals surface area contributed by atoms with Crippen molar-refractivity contribution in [2.24, 2.45) is 5.92 Å². The minimum Gasteiger partial charge on any atom is -0.309 e. The van der Waals surface area contributed by atoms with Gasteiger partial charge in [-0.25, -0.2) is 0 Å². The minimum atomic E-state index is 0.499. The summed E-state index contributed by atoms with van der Waals surface area (Å²) in [7, 11) is 0. The van der Waals surface area contributed by atoms with Gasteiger partial charge < -0.3 is 5.32 Å². The molecule has 0 aromatic carbocycles. The van der Waals surface area contributed by atoms with E-state index in [2.05, 4.69) is 63.0 Å². The highest BCUT2D eigenvalue weighted by Gasteiger charge is 2.07. The normalized spacial score (nSPS) is 11.8. The maximum atomic E-state index is 4.74. The van der Waals surface area contributed by atoms with Gasteiger partial charge in [0.2, 0.25) is 0 Å². The van der Waals surface area contributed by atoms with Gasteiger partial charge in [-0.05, 0) is 24.6 Å². The number of aromatic nitrogens is 1. The lowest BCUT2D eigenvalue weighted by atomic mass is 10.2. The highest BCUT2D eigenvalue weighted by Crippen LogP contribution is 2.06. The largest absolute Gasteiger partial charge is 0.309 e. The highest BCUT2D eigenvalue weighted by atomic mass is 15.1. The summed E-state index contributed by atoms with van der Waals surface area (Å²) in [5.41, 5.74) is 2.30. The average molecular weight is 263 g/mol. The van der Waals surface area contributed by atoms with Crippen LogP contribution in [0.4, 0.5) is 0 Å². The van der Waals surface area contributed by atoms with Gasteiger partial charge in [0, 0.05) is 25.7 Å². The van der Waals surface area contributed by atoms with Crippen LogP contribution in [0.2, 0.25) is 0 Å². The molecule has 0 aliphatic heterocycles. The second-order valence-electron chi connectivity index (χ2n) is 5.88. The van der Waals surface area contributed by atoms with Gasteiger partial charge in [0.25, 0.3) is 0 Å². The van der Waals surface area contributed by atoms with Gasteiger partial charge in [0.05, 0.1) is 11.4 Å². The Bertz CT molecular complexity index is 361. The lowest BCUT2D eigenvalue weighted by Crippen LogP contribution is -2.28. The highest BCUT2D eigenvalue weighted by molar-refractivity contribution is 5.11. The molecule has 1 heterocycles. The second kappa shape index (κ2) is 8.28. The smallest absolute Gasteiger partial charge is 0.0547 e. The average Bonchev–Trinajstić information content (AvgIpc) is 2.35. The minimum absolute atomic E-state index is 0.499. The van der Waals surface area contributed by atoms with Crippen LogP contribution in [0.15, 0.2) is 18.2 Å². The molecule has 0 saturated heterocycles. The SMILES string of the molecule is CCN(Cc1cccc(CNC(C)C)n1)CC(C)C. The Kier molecular flexibility index (Phi) is 7.03. The van der Waals surface area contributed by atoms with Crippen molar-refractivity contribution in [2.75, 3.05) is 13.1 Å². The molecule has 1 rings (SSSR count). The van der Waals surface area contributed by atoms with Crippen LogP contribution in [-0.4, -0.2) is 29.0 Å². The van der Waals surface area contributed by atoms with Crippen LogP contribution in [0.1, 0.15) is 46.0 Å². The van der Waals surface area contributed by atoms with E-state index in [1.54, 1.807) is 0 Å². The zero-order valence-electron chi connectivity index (χ0n) is 13.1. The summed E-state index contributed by atoms with van der Waals surface area (Å²) < 4.78 is 0. The van der Waals surface area contributed by atoms with Crippen LogP contribution in [0.25, 0.3) is 0 Å². The molecule has 0 spiro atoms. The molecular weight excluding hydrogens is 234 g/mol. The summed E-state index contributed by atoms with van der Waals surface area (Å²) in [4.78, 5) is 7.19. The molecule has 3 heteroatoms. The summed E-state index contributed by atoms with van der Waals surface area (Å²) in [6.07, 6.45) is 0. The van der Waals surface area contributed by atoms with Crippen LogP contribution >= 0.6 is 0 Å². The van der Waals surface area contributed by atoms with Crippen molar-refractivity contribution in [3.05, 3.63) is 29.6 Å². The van der Waals surface area contributed by atoms with E-state index in [1.165, 1.54) is 5.69 Å². The third-order valence-corrected chi connectivity index (χ3v) is 3.01. The molecule has 0 saturated carbocycles. The predicted molar refractivity (Wildman–Crippen MR) is 82.0 cm³/mol. The molecule has 0 amide bonds. The molecule has 0 fully saturated rings. The molecule has 1 aromatic heterocycles. The first-order valence-corrected chi connectivity index (χ1v) is 7.41. The molecule has 0 atom stereocenters. The number of hydrogen-bond donors (Lipinski definition) is 1. The van der Waals surface area contributed by atoms with Crippen molar-refractivity contribution in [1.29, 1.82) is 0 Å². The molecule has 108 valence electrons. The molecular formula is C16H29N3. The number of hydrogen-bond acceptors (Lipinski definition) is 3. The topological polar surface area (TPSA) is 28.2 Å². The van der Waals surface area contributed by atoms with Gasteiger partial charge in [0.15, 0.2) is 0 Å². The van der Waals surface area contributed by atoms with E-state index in [0.29, 0.717) is 12.0 Å². The van der Waals surface area contributed by atoms with E-state index in [0.717, 1.165) is 31.9 Å². The summed E-state index contributed by atoms with van der Waals surface area (Å²) in [6, 6.07) is 6.83. The zero-order valence-corrected chi connectivity index (χ0v) is 13.1. The standard InChI is InChI=1S/C16H29N3/c1-6-19(11-13(2)3)12-16-9-7-8-15(18-16)10-17-14(4)5/h7-9,13-14,17H,6,10-12H2,1-5H3. The quantitative estimate of drug-likeness (QED) is 0.781. The lowest BCUT2D eigenvalue weighted by Gasteiger charge is -2.22. The number of nitrogens with zero attached hydrogens (tertiary/aromatic N) is 2. The van der Waals surface area contributed by atoms with E-state index in [9.17, 15) is 0 Å². The fourth-order valence-corrected chi connectivity index (χ4v) is 2.08. The first kappa shape index (κ1) is 16.1. The molecule has 3 nitrogen and oxygen atoms in total. The number of nitrogens with one attached hydrogen (secondary N) is 1. The van der Waals surface area contributed by atoms with Crippen molar-refractivity contribution >= 4 is 0 Å². The first-order valence-electron chi connectivity index (χ1n) is 7.41. The molecule has 0 aliphatic rings. The molecule has 0 bridgehead atoms. The Hall–Kier alpha value is -0.930. The Morgan fingerprint density at radius 1 is 1.16 bits per heavy atom. The predicted octanol–water partition coefficient (Wildman–Crippen LogP) is 3.06. The zero-order chi connectivity index (χ0) is 14.3.